The quantitative estimate of drug-likeness (QED) is 0.802. The molecule has 5 heteroatoms. The van der Waals surface area contributed by atoms with E-state index in [2.05, 4.69) is 29.8 Å². The van der Waals surface area contributed by atoms with Gasteiger partial charge < -0.3 is 9.64 Å². The minimum Gasteiger partial charge on any atom is -0.371 e. The standard InChI is InChI=1S/C16H20N2OS2/c1-3-11-9-18(10-12(4-2)19-11)16(20)15-17-13-7-5-6-8-14(13)21-15/h5-8,11-12H,3-4,9-10H2,1-2H3. The molecule has 2 atom stereocenters. The van der Waals surface area contributed by atoms with E-state index in [1.807, 2.05) is 18.2 Å². The second kappa shape index (κ2) is 6.38. The zero-order valence-electron chi connectivity index (χ0n) is 12.4. The van der Waals surface area contributed by atoms with Crippen LogP contribution in [-0.2, 0) is 4.74 Å². The monoisotopic (exact) mass is 320 g/mol. The lowest BCUT2D eigenvalue weighted by atomic mass is 10.1. The van der Waals surface area contributed by atoms with Gasteiger partial charge in [-0.2, -0.15) is 0 Å². The molecule has 0 N–H and O–H groups in total. The predicted octanol–water partition coefficient (Wildman–Crippen LogP) is 3.86. The number of hydrogen-bond acceptors (Lipinski definition) is 4. The largest absolute Gasteiger partial charge is 0.371 e. The van der Waals surface area contributed by atoms with Gasteiger partial charge >= 0.3 is 0 Å². The topological polar surface area (TPSA) is 25.4 Å². The Kier molecular flexibility index (Phi) is 4.52. The summed E-state index contributed by atoms with van der Waals surface area (Å²) in [5, 5.41) is 0.956. The molecule has 112 valence electrons. The molecule has 2 heterocycles. The van der Waals surface area contributed by atoms with Crippen molar-refractivity contribution in [2.75, 3.05) is 13.1 Å². The van der Waals surface area contributed by atoms with Crippen molar-refractivity contribution >= 4 is 38.8 Å². The summed E-state index contributed by atoms with van der Waals surface area (Å²) < 4.78 is 7.24. The molecule has 1 aromatic heterocycles. The van der Waals surface area contributed by atoms with Crippen LogP contribution in [0.2, 0.25) is 0 Å². The van der Waals surface area contributed by atoms with E-state index in [0.29, 0.717) is 0 Å². The summed E-state index contributed by atoms with van der Waals surface area (Å²) in [6.07, 6.45) is 2.59. The predicted molar refractivity (Wildman–Crippen MR) is 92.1 cm³/mol. The van der Waals surface area contributed by atoms with Gasteiger partial charge in [0, 0.05) is 13.1 Å². The van der Waals surface area contributed by atoms with E-state index in [-0.39, 0.29) is 12.2 Å². The van der Waals surface area contributed by atoms with Gasteiger partial charge in [0.05, 0.1) is 22.4 Å². The highest BCUT2D eigenvalue weighted by molar-refractivity contribution is 7.81. The Morgan fingerprint density at radius 3 is 2.57 bits per heavy atom. The van der Waals surface area contributed by atoms with Gasteiger partial charge in [0.2, 0.25) is 0 Å². The van der Waals surface area contributed by atoms with Gasteiger partial charge in [-0.1, -0.05) is 38.2 Å². The number of para-hydroxylation sites is 1. The van der Waals surface area contributed by atoms with E-state index in [4.69, 9.17) is 17.0 Å². The van der Waals surface area contributed by atoms with Crippen molar-refractivity contribution in [1.29, 1.82) is 0 Å². The zero-order chi connectivity index (χ0) is 14.8. The highest BCUT2D eigenvalue weighted by Crippen LogP contribution is 2.25. The molecule has 1 saturated heterocycles. The maximum absolute atomic E-state index is 6.04. The number of ether oxygens (including phenoxy) is 1. The third-order valence-corrected chi connectivity index (χ3v) is 5.53. The molecular formula is C16H20N2OS2. The third kappa shape index (κ3) is 3.10. The molecule has 2 unspecified atom stereocenters. The summed E-state index contributed by atoms with van der Waals surface area (Å²) in [6.45, 7) is 6.09. The van der Waals surface area contributed by atoms with Gasteiger partial charge in [-0.05, 0) is 25.0 Å². The average molecular weight is 320 g/mol. The highest BCUT2D eigenvalue weighted by Gasteiger charge is 2.28. The lowest BCUT2D eigenvalue weighted by molar-refractivity contribution is -0.0679. The molecule has 0 saturated carbocycles. The first-order valence-electron chi connectivity index (χ1n) is 7.51. The smallest absolute Gasteiger partial charge is 0.152 e. The Morgan fingerprint density at radius 2 is 1.95 bits per heavy atom. The summed E-state index contributed by atoms with van der Waals surface area (Å²) in [5.74, 6) is 0. The molecule has 21 heavy (non-hydrogen) atoms. The Bertz CT molecular complexity index is 595. The van der Waals surface area contributed by atoms with Crippen molar-refractivity contribution in [3.8, 4) is 0 Å². The van der Waals surface area contributed by atoms with Crippen molar-refractivity contribution in [3.05, 3.63) is 29.3 Å². The SMILES string of the molecule is CCC1CN(C(=S)c2nc3ccccc3s2)CC(CC)O1. The highest BCUT2D eigenvalue weighted by atomic mass is 32.1. The molecule has 2 aromatic rings. The van der Waals surface area contributed by atoms with Crippen molar-refractivity contribution in [2.24, 2.45) is 0 Å². The zero-order valence-corrected chi connectivity index (χ0v) is 14.0. The lowest BCUT2D eigenvalue weighted by Crippen LogP contribution is -2.49. The molecule has 1 aliphatic heterocycles. The number of thiocarbonyl (C=S) groups is 1. The molecule has 0 aliphatic carbocycles. The Hall–Kier alpha value is -1.04. The molecule has 3 rings (SSSR count). The summed E-state index contributed by atoms with van der Waals surface area (Å²) in [5.41, 5.74) is 1.03. The molecule has 3 nitrogen and oxygen atoms in total. The number of benzene rings is 1. The maximum Gasteiger partial charge on any atom is 0.152 e. The van der Waals surface area contributed by atoms with Crippen LogP contribution in [0, 0.1) is 0 Å². The summed E-state index contributed by atoms with van der Waals surface area (Å²) in [6, 6.07) is 8.20. The van der Waals surface area contributed by atoms with Gasteiger partial charge in [0.25, 0.3) is 0 Å². The van der Waals surface area contributed by atoms with E-state index in [1.54, 1.807) is 11.3 Å². The average Bonchev–Trinajstić information content (AvgIpc) is 2.97. The molecule has 0 bridgehead atoms. The van der Waals surface area contributed by atoms with Crippen LogP contribution in [0.5, 0.6) is 0 Å². The van der Waals surface area contributed by atoms with Crippen molar-refractivity contribution in [2.45, 2.75) is 38.9 Å². The summed E-state index contributed by atoms with van der Waals surface area (Å²) >= 11 is 7.38. The van der Waals surface area contributed by atoms with Gasteiger partial charge in [0.1, 0.15) is 4.99 Å². The van der Waals surface area contributed by atoms with Crippen LogP contribution in [0.4, 0.5) is 0 Å². The summed E-state index contributed by atoms with van der Waals surface area (Å²) in [7, 11) is 0. The van der Waals surface area contributed by atoms with Crippen molar-refractivity contribution in [3.63, 3.8) is 0 Å². The molecule has 1 fully saturated rings. The van der Waals surface area contributed by atoms with E-state index >= 15 is 0 Å². The van der Waals surface area contributed by atoms with Crippen molar-refractivity contribution < 1.29 is 4.74 Å². The number of fused-ring (bicyclic) bond motifs is 1. The maximum atomic E-state index is 6.04. The van der Waals surface area contributed by atoms with E-state index < -0.39 is 0 Å². The number of thiazole rings is 1. The normalized spacial score (nSPS) is 22.7. The van der Waals surface area contributed by atoms with Crippen LogP contribution in [0.25, 0.3) is 10.2 Å². The van der Waals surface area contributed by atoms with Gasteiger partial charge in [-0.25, -0.2) is 4.98 Å². The Balaban J connectivity index is 1.83. The number of morpholine rings is 1. The van der Waals surface area contributed by atoms with Gasteiger partial charge in [-0.15, -0.1) is 11.3 Å². The Labute approximate surface area is 134 Å². The van der Waals surface area contributed by atoms with E-state index in [9.17, 15) is 0 Å². The van der Waals surface area contributed by atoms with Crippen LogP contribution in [0.1, 0.15) is 31.7 Å². The molecule has 0 radical (unpaired) electrons. The Morgan fingerprint density at radius 1 is 1.29 bits per heavy atom. The number of nitrogens with zero attached hydrogens (tertiary/aromatic N) is 2. The lowest BCUT2D eigenvalue weighted by Gasteiger charge is -2.38. The van der Waals surface area contributed by atoms with Crippen LogP contribution >= 0.6 is 23.6 Å². The minimum absolute atomic E-state index is 0.274. The molecule has 0 amide bonds. The van der Waals surface area contributed by atoms with Gasteiger partial charge in [-0.3, -0.25) is 0 Å². The number of aromatic nitrogens is 1. The second-order valence-corrected chi connectivity index (χ2v) is 6.81. The second-order valence-electron chi connectivity index (χ2n) is 5.39. The molecule has 0 spiro atoms. The van der Waals surface area contributed by atoms with Crippen LogP contribution in [-0.4, -0.2) is 40.2 Å². The van der Waals surface area contributed by atoms with E-state index in [1.165, 1.54) is 4.70 Å². The number of rotatable bonds is 3. The molecule has 1 aliphatic rings. The van der Waals surface area contributed by atoms with Crippen molar-refractivity contribution in [1.82, 2.24) is 9.88 Å². The van der Waals surface area contributed by atoms with E-state index in [0.717, 1.165) is 41.4 Å². The fraction of sp³-hybridized carbons (Fsp3) is 0.500. The summed E-state index contributed by atoms with van der Waals surface area (Å²) in [4.78, 5) is 7.83. The van der Waals surface area contributed by atoms with Crippen LogP contribution in [0.15, 0.2) is 24.3 Å². The first kappa shape index (κ1) is 14.9. The molecule has 1 aromatic carbocycles. The number of hydrogen-bond donors (Lipinski definition) is 0. The van der Waals surface area contributed by atoms with Crippen LogP contribution < -0.4 is 0 Å². The minimum atomic E-state index is 0.274. The fourth-order valence-electron chi connectivity index (χ4n) is 2.64. The van der Waals surface area contributed by atoms with Crippen LogP contribution in [0.3, 0.4) is 0 Å². The third-order valence-electron chi connectivity index (χ3n) is 3.91. The van der Waals surface area contributed by atoms with Gasteiger partial charge in [0.15, 0.2) is 5.01 Å². The molecular weight excluding hydrogens is 300 g/mol. The first-order valence-corrected chi connectivity index (χ1v) is 8.74. The first-order chi connectivity index (χ1) is 10.2. The fourth-order valence-corrected chi connectivity index (χ4v) is 3.89.